The van der Waals surface area contributed by atoms with Crippen molar-refractivity contribution in [1.82, 2.24) is 4.90 Å². The van der Waals surface area contributed by atoms with Crippen molar-refractivity contribution in [3.63, 3.8) is 0 Å². The molecule has 1 saturated heterocycles. The zero-order valence-electron chi connectivity index (χ0n) is 15.0. The van der Waals surface area contributed by atoms with Crippen LogP contribution in [0.15, 0.2) is 40.8 Å². The SMILES string of the molecule is C[C@@H]1Oc2ccccc2C=C1/C=C1\SC(=S)N(CCCCCC(=O)[O-])C1=O. The molecule has 1 amide bonds. The summed E-state index contributed by atoms with van der Waals surface area (Å²) in [5.41, 5.74) is 1.92. The van der Waals surface area contributed by atoms with E-state index in [9.17, 15) is 14.7 Å². The highest BCUT2D eigenvalue weighted by Crippen LogP contribution is 2.35. The fourth-order valence-corrected chi connectivity index (χ4v) is 4.29. The zero-order valence-corrected chi connectivity index (χ0v) is 16.6. The minimum Gasteiger partial charge on any atom is -0.550 e. The number of fused-ring (bicyclic) bond motifs is 1. The van der Waals surface area contributed by atoms with E-state index in [-0.39, 0.29) is 18.4 Å². The largest absolute Gasteiger partial charge is 0.550 e. The molecule has 0 aliphatic carbocycles. The number of hydrogen-bond donors (Lipinski definition) is 0. The number of thioether (sulfide) groups is 1. The Morgan fingerprint density at radius 2 is 2.11 bits per heavy atom. The van der Waals surface area contributed by atoms with Crippen molar-refractivity contribution in [3.05, 3.63) is 46.4 Å². The van der Waals surface area contributed by atoms with Gasteiger partial charge in [-0.15, -0.1) is 0 Å². The number of aliphatic carboxylic acids is 1. The Labute approximate surface area is 168 Å². The van der Waals surface area contributed by atoms with Crippen LogP contribution in [0.2, 0.25) is 0 Å². The first-order valence-electron chi connectivity index (χ1n) is 8.88. The van der Waals surface area contributed by atoms with Crippen molar-refractivity contribution in [2.24, 2.45) is 0 Å². The van der Waals surface area contributed by atoms with Crippen LogP contribution in [0.3, 0.4) is 0 Å². The van der Waals surface area contributed by atoms with Crippen LogP contribution in [0.5, 0.6) is 5.75 Å². The first-order valence-corrected chi connectivity index (χ1v) is 10.1. The van der Waals surface area contributed by atoms with Gasteiger partial charge in [-0.2, -0.15) is 0 Å². The molecule has 5 nitrogen and oxygen atoms in total. The highest BCUT2D eigenvalue weighted by atomic mass is 32.2. The molecule has 142 valence electrons. The van der Waals surface area contributed by atoms with Crippen LogP contribution >= 0.6 is 24.0 Å². The van der Waals surface area contributed by atoms with Crippen molar-refractivity contribution >= 4 is 46.3 Å². The number of ether oxygens (including phenoxy) is 1. The van der Waals surface area contributed by atoms with Crippen molar-refractivity contribution in [1.29, 1.82) is 0 Å². The van der Waals surface area contributed by atoms with Gasteiger partial charge in [-0.25, -0.2) is 0 Å². The lowest BCUT2D eigenvalue weighted by atomic mass is 10.0. The Morgan fingerprint density at radius 3 is 2.89 bits per heavy atom. The number of hydrogen-bond acceptors (Lipinski definition) is 6. The van der Waals surface area contributed by atoms with Gasteiger partial charge in [0.15, 0.2) is 0 Å². The topological polar surface area (TPSA) is 69.7 Å². The maximum absolute atomic E-state index is 12.7. The summed E-state index contributed by atoms with van der Waals surface area (Å²) in [6.45, 7) is 2.46. The lowest BCUT2D eigenvalue weighted by molar-refractivity contribution is -0.305. The van der Waals surface area contributed by atoms with Gasteiger partial charge in [-0.05, 0) is 50.0 Å². The van der Waals surface area contributed by atoms with Crippen molar-refractivity contribution < 1.29 is 19.4 Å². The van der Waals surface area contributed by atoms with E-state index < -0.39 is 5.97 Å². The van der Waals surface area contributed by atoms with Gasteiger partial charge in [0.05, 0.1) is 4.91 Å². The number of carbonyl (C=O) groups is 2. The maximum Gasteiger partial charge on any atom is 0.266 e. The summed E-state index contributed by atoms with van der Waals surface area (Å²) < 4.78 is 6.46. The van der Waals surface area contributed by atoms with Gasteiger partial charge in [0.1, 0.15) is 16.2 Å². The number of para-hydroxylation sites is 1. The lowest BCUT2D eigenvalue weighted by Crippen LogP contribution is -2.29. The summed E-state index contributed by atoms with van der Waals surface area (Å²) in [5, 5.41) is 10.4. The predicted molar refractivity (Wildman–Crippen MR) is 108 cm³/mol. The van der Waals surface area contributed by atoms with Crippen LogP contribution in [0.1, 0.15) is 38.2 Å². The van der Waals surface area contributed by atoms with E-state index in [1.54, 1.807) is 4.90 Å². The van der Waals surface area contributed by atoms with E-state index in [0.29, 0.717) is 28.6 Å². The van der Waals surface area contributed by atoms with Crippen LogP contribution in [-0.4, -0.2) is 33.7 Å². The Bertz CT molecular complexity index is 831. The van der Waals surface area contributed by atoms with Crippen LogP contribution in [-0.2, 0) is 9.59 Å². The van der Waals surface area contributed by atoms with Gasteiger partial charge in [0.25, 0.3) is 5.91 Å². The van der Waals surface area contributed by atoms with Crippen LogP contribution in [0.4, 0.5) is 0 Å². The van der Waals surface area contributed by atoms with Crippen molar-refractivity contribution in [2.45, 2.75) is 38.7 Å². The molecule has 1 aromatic rings. The second-order valence-corrected chi connectivity index (χ2v) is 8.13. The average Bonchev–Trinajstić information content (AvgIpc) is 2.89. The van der Waals surface area contributed by atoms with Gasteiger partial charge in [-0.3, -0.25) is 9.69 Å². The van der Waals surface area contributed by atoms with Crippen LogP contribution in [0, 0.1) is 0 Å². The van der Waals surface area contributed by atoms with Crippen molar-refractivity contribution in [2.75, 3.05) is 6.54 Å². The van der Waals surface area contributed by atoms with Crippen molar-refractivity contribution in [3.8, 4) is 5.75 Å². The number of unbranched alkanes of at least 4 members (excludes halogenated alkanes) is 2. The Balaban J connectivity index is 1.66. The summed E-state index contributed by atoms with van der Waals surface area (Å²) >= 11 is 6.64. The maximum atomic E-state index is 12.7. The second-order valence-electron chi connectivity index (χ2n) is 6.46. The molecule has 0 aromatic heterocycles. The fourth-order valence-electron chi connectivity index (χ4n) is 2.98. The average molecular weight is 403 g/mol. The third-order valence-corrected chi connectivity index (χ3v) is 5.83. The first kappa shape index (κ1) is 19.6. The van der Waals surface area contributed by atoms with Gasteiger partial charge < -0.3 is 14.6 Å². The monoisotopic (exact) mass is 402 g/mol. The van der Waals surface area contributed by atoms with Gasteiger partial charge in [-0.1, -0.05) is 48.6 Å². The summed E-state index contributed by atoms with van der Waals surface area (Å²) in [7, 11) is 0. The van der Waals surface area contributed by atoms with Gasteiger partial charge in [0, 0.05) is 18.1 Å². The molecule has 1 aromatic carbocycles. The third kappa shape index (κ3) is 4.78. The number of carboxylic acid groups (broad SMARTS) is 1. The minimum absolute atomic E-state index is 0.0474. The minimum atomic E-state index is -1.04. The van der Waals surface area contributed by atoms with E-state index >= 15 is 0 Å². The molecule has 2 aliphatic heterocycles. The fraction of sp³-hybridized carbons (Fsp3) is 0.350. The predicted octanol–water partition coefficient (Wildman–Crippen LogP) is 2.91. The number of amides is 1. The molecule has 0 N–H and O–H groups in total. The highest BCUT2D eigenvalue weighted by Gasteiger charge is 2.32. The summed E-state index contributed by atoms with van der Waals surface area (Å²) in [4.78, 5) is 25.3. The molecule has 3 rings (SSSR count). The molecule has 7 heteroatoms. The van der Waals surface area contributed by atoms with Gasteiger partial charge >= 0.3 is 0 Å². The van der Waals surface area contributed by atoms with Crippen LogP contribution < -0.4 is 9.84 Å². The second kappa shape index (κ2) is 8.71. The number of benzene rings is 1. The molecule has 0 radical (unpaired) electrons. The molecule has 0 saturated carbocycles. The number of carbonyl (C=O) groups excluding carboxylic acids is 2. The lowest BCUT2D eigenvalue weighted by Gasteiger charge is -2.23. The van der Waals surface area contributed by atoms with E-state index in [4.69, 9.17) is 17.0 Å². The van der Waals surface area contributed by atoms with E-state index in [1.165, 1.54) is 11.8 Å². The standard InChI is InChI=1S/C20H21NO4S2/c1-13-15(11-14-7-4-5-8-16(14)25-13)12-17-19(24)21(20(26)27-17)10-6-2-3-9-18(22)23/h4-5,7-8,11-13H,2-3,6,9-10H2,1H3,(H,22,23)/p-1/b17-12-/t13-/m0/s1. The molecule has 0 spiro atoms. The Hall–Kier alpha value is -2.12. The number of rotatable bonds is 7. The molecule has 1 fully saturated rings. The van der Waals surface area contributed by atoms with Crippen LogP contribution in [0.25, 0.3) is 6.08 Å². The molecular weight excluding hydrogens is 382 g/mol. The molecule has 1 atom stereocenters. The number of thiocarbonyl (C=S) groups is 1. The quantitative estimate of drug-likeness (QED) is 0.397. The van der Waals surface area contributed by atoms with Gasteiger partial charge in [0.2, 0.25) is 0 Å². The van der Waals surface area contributed by atoms with E-state index in [0.717, 1.165) is 23.3 Å². The molecule has 2 aliphatic rings. The summed E-state index contributed by atoms with van der Waals surface area (Å²) in [6, 6.07) is 7.79. The summed E-state index contributed by atoms with van der Waals surface area (Å²) in [6.07, 6.45) is 5.78. The number of carboxylic acids is 1. The molecule has 0 unspecified atom stereocenters. The highest BCUT2D eigenvalue weighted by molar-refractivity contribution is 8.26. The molecule has 27 heavy (non-hydrogen) atoms. The zero-order chi connectivity index (χ0) is 19.4. The molecule has 2 heterocycles. The smallest absolute Gasteiger partial charge is 0.266 e. The third-order valence-electron chi connectivity index (χ3n) is 4.45. The number of nitrogens with zero attached hydrogens (tertiary/aromatic N) is 1. The normalized spacial score (nSPS) is 20.5. The molecular formula is C20H20NO4S2-. The van der Waals surface area contributed by atoms with E-state index in [1.807, 2.05) is 43.3 Å². The first-order chi connectivity index (χ1) is 13.0. The Kier molecular flexibility index (Phi) is 6.34. The summed E-state index contributed by atoms with van der Waals surface area (Å²) in [5.74, 6) is -0.301. The van der Waals surface area contributed by atoms with E-state index in [2.05, 4.69) is 0 Å². The Morgan fingerprint density at radius 1 is 1.33 bits per heavy atom. The molecule has 0 bridgehead atoms.